The van der Waals surface area contributed by atoms with E-state index in [1.807, 2.05) is 0 Å². The summed E-state index contributed by atoms with van der Waals surface area (Å²) in [6.07, 6.45) is 0.574. The standard InChI is InChI=1S/C8H15N3/c1-7-5-10-6-8(2,11-7)3-4-9/h7,10-11H,3,5-6H2,1-2H3/t7-,8-/m1/s1. The van der Waals surface area contributed by atoms with Gasteiger partial charge in [-0.2, -0.15) is 5.26 Å². The van der Waals surface area contributed by atoms with Gasteiger partial charge in [-0.25, -0.2) is 0 Å². The third kappa shape index (κ3) is 2.18. The fraction of sp³-hybridized carbons (Fsp3) is 0.875. The van der Waals surface area contributed by atoms with E-state index in [9.17, 15) is 0 Å². The third-order valence-electron chi connectivity index (χ3n) is 2.03. The van der Waals surface area contributed by atoms with Crippen molar-refractivity contribution >= 4 is 0 Å². The second kappa shape index (κ2) is 3.21. The second-order valence-electron chi connectivity index (χ2n) is 3.57. The molecule has 0 aromatic rings. The average Bonchev–Trinajstić information content (AvgIpc) is 1.86. The minimum absolute atomic E-state index is 0.0214. The van der Waals surface area contributed by atoms with Gasteiger partial charge < -0.3 is 10.6 Å². The first-order valence-electron chi connectivity index (χ1n) is 4.02. The monoisotopic (exact) mass is 153 g/mol. The fourth-order valence-corrected chi connectivity index (χ4v) is 1.55. The smallest absolute Gasteiger partial charge is 0.0641 e. The molecule has 0 bridgehead atoms. The minimum Gasteiger partial charge on any atom is -0.313 e. The normalized spacial score (nSPS) is 38.1. The summed E-state index contributed by atoms with van der Waals surface area (Å²) in [4.78, 5) is 0. The molecule has 1 aliphatic rings. The van der Waals surface area contributed by atoms with Crippen molar-refractivity contribution in [3.05, 3.63) is 0 Å². The maximum absolute atomic E-state index is 8.55. The van der Waals surface area contributed by atoms with E-state index in [1.165, 1.54) is 0 Å². The van der Waals surface area contributed by atoms with Crippen LogP contribution in [0.3, 0.4) is 0 Å². The van der Waals surface area contributed by atoms with Crippen molar-refractivity contribution in [1.29, 1.82) is 5.26 Å². The number of hydrogen-bond donors (Lipinski definition) is 2. The zero-order valence-corrected chi connectivity index (χ0v) is 7.15. The van der Waals surface area contributed by atoms with Crippen LogP contribution in [0.1, 0.15) is 20.3 Å². The number of nitriles is 1. The molecule has 0 aromatic heterocycles. The van der Waals surface area contributed by atoms with Crippen LogP contribution >= 0.6 is 0 Å². The first-order valence-corrected chi connectivity index (χ1v) is 4.02. The maximum Gasteiger partial charge on any atom is 0.0641 e. The van der Waals surface area contributed by atoms with Gasteiger partial charge in [0.05, 0.1) is 12.5 Å². The Morgan fingerprint density at radius 3 is 3.00 bits per heavy atom. The van der Waals surface area contributed by atoms with Crippen LogP contribution in [0.4, 0.5) is 0 Å². The molecule has 0 radical (unpaired) electrons. The van der Waals surface area contributed by atoms with Crippen LogP contribution < -0.4 is 10.6 Å². The largest absolute Gasteiger partial charge is 0.313 e. The van der Waals surface area contributed by atoms with Crippen molar-refractivity contribution in [3.63, 3.8) is 0 Å². The van der Waals surface area contributed by atoms with E-state index in [2.05, 4.69) is 30.6 Å². The Labute approximate surface area is 67.8 Å². The molecule has 0 spiro atoms. The van der Waals surface area contributed by atoms with E-state index in [0.29, 0.717) is 12.5 Å². The fourth-order valence-electron chi connectivity index (χ4n) is 1.55. The number of nitrogens with one attached hydrogen (secondary N) is 2. The molecule has 11 heavy (non-hydrogen) atoms. The van der Waals surface area contributed by atoms with Gasteiger partial charge in [-0.15, -0.1) is 0 Å². The van der Waals surface area contributed by atoms with Gasteiger partial charge in [0.1, 0.15) is 0 Å². The highest BCUT2D eigenvalue weighted by Crippen LogP contribution is 2.11. The number of nitrogens with zero attached hydrogens (tertiary/aromatic N) is 1. The number of piperazine rings is 1. The number of hydrogen-bond acceptors (Lipinski definition) is 3. The Hall–Kier alpha value is -0.590. The zero-order chi connectivity index (χ0) is 8.32. The number of rotatable bonds is 1. The summed E-state index contributed by atoms with van der Waals surface area (Å²) in [5.41, 5.74) is -0.0214. The Bertz CT molecular complexity index is 173. The van der Waals surface area contributed by atoms with Gasteiger partial charge in [0, 0.05) is 24.7 Å². The van der Waals surface area contributed by atoms with Crippen LogP contribution in [0.5, 0.6) is 0 Å². The van der Waals surface area contributed by atoms with Gasteiger partial charge in [-0.1, -0.05) is 0 Å². The lowest BCUT2D eigenvalue weighted by Crippen LogP contribution is -2.61. The van der Waals surface area contributed by atoms with Gasteiger partial charge in [0.15, 0.2) is 0 Å². The molecule has 1 saturated heterocycles. The van der Waals surface area contributed by atoms with E-state index in [1.54, 1.807) is 0 Å². The van der Waals surface area contributed by atoms with Gasteiger partial charge in [-0.3, -0.25) is 0 Å². The van der Waals surface area contributed by atoms with Crippen LogP contribution in [-0.4, -0.2) is 24.7 Å². The molecule has 3 nitrogen and oxygen atoms in total. The maximum atomic E-state index is 8.55. The van der Waals surface area contributed by atoms with Crippen molar-refractivity contribution in [3.8, 4) is 6.07 Å². The molecule has 1 fully saturated rings. The van der Waals surface area contributed by atoms with Crippen LogP contribution in [0, 0.1) is 11.3 Å². The molecule has 0 aromatic carbocycles. The highest BCUT2D eigenvalue weighted by molar-refractivity contribution is 4.98. The molecular formula is C8H15N3. The molecule has 0 saturated carbocycles. The lowest BCUT2D eigenvalue weighted by molar-refractivity contribution is 0.256. The molecular weight excluding hydrogens is 138 g/mol. The van der Waals surface area contributed by atoms with Crippen molar-refractivity contribution in [1.82, 2.24) is 10.6 Å². The average molecular weight is 153 g/mol. The Kier molecular flexibility index (Phi) is 2.48. The Balaban J connectivity index is 2.50. The quantitative estimate of drug-likeness (QED) is 0.567. The van der Waals surface area contributed by atoms with E-state index < -0.39 is 0 Å². The molecule has 2 atom stereocenters. The van der Waals surface area contributed by atoms with E-state index in [0.717, 1.165) is 13.1 Å². The zero-order valence-electron chi connectivity index (χ0n) is 7.15. The molecule has 2 N–H and O–H groups in total. The molecule has 0 amide bonds. The van der Waals surface area contributed by atoms with Crippen LogP contribution in [0.2, 0.25) is 0 Å². The van der Waals surface area contributed by atoms with Crippen LogP contribution in [-0.2, 0) is 0 Å². The second-order valence-corrected chi connectivity index (χ2v) is 3.57. The predicted octanol–water partition coefficient (Wildman–Crippen LogP) is 0.240. The van der Waals surface area contributed by atoms with Gasteiger partial charge in [0.2, 0.25) is 0 Å². The molecule has 0 aliphatic carbocycles. The summed E-state index contributed by atoms with van der Waals surface area (Å²) in [5.74, 6) is 0. The van der Waals surface area contributed by atoms with Crippen molar-refractivity contribution in [2.75, 3.05) is 13.1 Å². The molecule has 3 heteroatoms. The summed E-state index contributed by atoms with van der Waals surface area (Å²) in [5, 5.41) is 15.3. The van der Waals surface area contributed by atoms with Gasteiger partial charge in [-0.05, 0) is 13.8 Å². The molecule has 62 valence electrons. The van der Waals surface area contributed by atoms with Crippen LogP contribution in [0.25, 0.3) is 0 Å². The molecule has 1 heterocycles. The van der Waals surface area contributed by atoms with Crippen molar-refractivity contribution in [2.24, 2.45) is 0 Å². The van der Waals surface area contributed by atoms with Crippen LogP contribution in [0.15, 0.2) is 0 Å². The molecule has 0 unspecified atom stereocenters. The highest BCUT2D eigenvalue weighted by atomic mass is 15.1. The lowest BCUT2D eigenvalue weighted by atomic mass is 9.95. The highest BCUT2D eigenvalue weighted by Gasteiger charge is 2.28. The predicted molar refractivity (Wildman–Crippen MR) is 44.1 cm³/mol. The summed E-state index contributed by atoms with van der Waals surface area (Å²) < 4.78 is 0. The lowest BCUT2D eigenvalue weighted by Gasteiger charge is -2.37. The van der Waals surface area contributed by atoms with Gasteiger partial charge >= 0.3 is 0 Å². The molecule has 1 aliphatic heterocycles. The Morgan fingerprint density at radius 1 is 1.73 bits per heavy atom. The topological polar surface area (TPSA) is 47.9 Å². The SMILES string of the molecule is C[C@@H]1CNC[C@@](C)(CC#N)N1. The summed E-state index contributed by atoms with van der Waals surface area (Å²) in [6, 6.07) is 2.67. The van der Waals surface area contributed by atoms with Crippen molar-refractivity contribution < 1.29 is 0 Å². The van der Waals surface area contributed by atoms with E-state index in [-0.39, 0.29) is 5.54 Å². The van der Waals surface area contributed by atoms with Gasteiger partial charge in [0.25, 0.3) is 0 Å². The van der Waals surface area contributed by atoms with Crippen molar-refractivity contribution in [2.45, 2.75) is 31.8 Å². The van der Waals surface area contributed by atoms with E-state index in [4.69, 9.17) is 5.26 Å². The first kappa shape index (κ1) is 8.51. The van der Waals surface area contributed by atoms with E-state index >= 15 is 0 Å². The third-order valence-corrected chi connectivity index (χ3v) is 2.03. The summed E-state index contributed by atoms with van der Waals surface area (Å²) in [6.45, 7) is 6.10. The first-order chi connectivity index (χ1) is 5.16. The Morgan fingerprint density at radius 2 is 2.45 bits per heavy atom. The minimum atomic E-state index is -0.0214. The molecule has 1 rings (SSSR count). The summed E-state index contributed by atoms with van der Waals surface area (Å²) >= 11 is 0. The summed E-state index contributed by atoms with van der Waals surface area (Å²) in [7, 11) is 0.